The minimum absolute atomic E-state index is 0.291. The average molecular weight is 239 g/mol. The molecule has 0 heterocycles. The molecule has 4 nitrogen and oxygen atoms in total. The standard InChI is InChI=1S/C11H11ClN2O2/c1-7-10(14-9(5-15)6-16)3-2-8(4-13)11(7)12/h2-3,5,9,14,16H,6H2,1H3/t9-/m0/s1. The highest BCUT2D eigenvalue weighted by Gasteiger charge is 2.11. The van der Waals surface area contributed by atoms with Gasteiger partial charge in [-0.05, 0) is 24.6 Å². The third-order valence-corrected chi connectivity index (χ3v) is 2.70. The van der Waals surface area contributed by atoms with Crippen LogP contribution in [-0.4, -0.2) is 24.0 Å². The van der Waals surface area contributed by atoms with Gasteiger partial charge < -0.3 is 15.2 Å². The number of aliphatic hydroxyl groups is 1. The molecule has 0 aliphatic heterocycles. The average Bonchev–Trinajstić information content (AvgIpc) is 2.31. The molecular formula is C11H11ClN2O2. The first-order valence-electron chi connectivity index (χ1n) is 4.66. The summed E-state index contributed by atoms with van der Waals surface area (Å²) in [4.78, 5) is 10.6. The number of halogens is 1. The number of aldehydes is 1. The fraction of sp³-hybridized carbons (Fsp3) is 0.273. The Hall–Kier alpha value is -1.57. The predicted octanol–water partition coefficient (Wildman–Crippen LogP) is 1.49. The molecule has 0 bridgehead atoms. The second kappa shape index (κ2) is 5.50. The highest BCUT2D eigenvalue weighted by molar-refractivity contribution is 6.32. The number of nitriles is 1. The lowest BCUT2D eigenvalue weighted by atomic mass is 10.1. The summed E-state index contributed by atoms with van der Waals surface area (Å²) in [5.74, 6) is 0. The van der Waals surface area contributed by atoms with Crippen LogP contribution in [0.4, 0.5) is 5.69 Å². The fourth-order valence-corrected chi connectivity index (χ4v) is 1.46. The molecular weight excluding hydrogens is 228 g/mol. The summed E-state index contributed by atoms with van der Waals surface area (Å²) in [7, 11) is 0. The van der Waals surface area contributed by atoms with Crippen molar-refractivity contribution in [1.82, 2.24) is 0 Å². The third-order valence-electron chi connectivity index (χ3n) is 2.21. The van der Waals surface area contributed by atoms with E-state index in [-0.39, 0.29) is 6.61 Å². The molecule has 1 rings (SSSR count). The SMILES string of the molecule is Cc1c(N[C@@H](C=O)CO)ccc(C#N)c1Cl. The summed E-state index contributed by atoms with van der Waals surface area (Å²) < 4.78 is 0. The second-order valence-corrected chi connectivity index (χ2v) is 3.66. The topological polar surface area (TPSA) is 73.1 Å². The van der Waals surface area contributed by atoms with Crippen LogP contribution in [0.25, 0.3) is 0 Å². The minimum atomic E-state index is -0.664. The molecule has 5 heteroatoms. The van der Waals surface area contributed by atoms with E-state index in [4.69, 9.17) is 22.0 Å². The summed E-state index contributed by atoms with van der Waals surface area (Å²) in [6, 6.07) is 4.53. The molecule has 0 aliphatic carbocycles. The van der Waals surface area contributed by atoms with Gasteiger partial charge in [-0.3, -0.25) is 0 Å². The molecule has 0 saturated heterocycles. The number of benzene rings is 1. The van der Waals surface area contributed by atoms with Gasteiger partial charge in [0.2, 0.25) is 0 Å². The molecule has 0 unspecified atom stereocenters. The van der Waals surface area contributed by atoms with Gasteiger partial charge in [0.15, 0.2) is 0 Å². The highest BCUT2D eigenvalue weighted by Crippen LogP contribution is 2.27. The van der Waals surface area contributed by atoms with Crippen molar-refractivity contribution in [1.29, 1.82) is 5.26 Å². The molecule has 1 aromatic carbocycles. The zero-order chi connectivity index (χ0) is 12.1. The van der Waals surface area contributed by atoms with Crippen molar-refractivity contribution in [3.63, 3.8) is 0 Å². The Bertz CT molecular complexity index is 440. The number of rotatable bonds is 4. The monoisotopic (exact) mass is 238 g/mol. The number of hydrogen-bond donors (Lipinski definition) is 2. The molecule has 2 N–H and O–H groups in total. The number of nitrogens with zero attached hydrogens (tertiary/aromatic N) is 1. The van der Waals surface area contributed by atoms with Crippen LogP contribution < -0.4 is 5.32 Å². The number of carbonyl (C=O) groups is 1. The van der Waals surface area contributed by atoms with E-state index in [0.29, 0.717) is 28.1 Å². The van der Waals surface area contributed by atoms with Crippen LogP contribution in [0.3, 0.4) is 0 Å². The van der Waals surface area contributed by atoms with E-state index >= 15 is 0 Å². The van der Waals surface area contributed by atoms with Gasteiger partial charge in [0.1, 0.15) is 18.4 Å². The van der Waals surface area contributed by atoms with Crippen molar-refractivity contribution in [2.75, 3.05) is 11.9 Å². The van der Waals surface area contributed by atoms with Gasteiger partial charge in [-0.2, -0.15) is 5.26 Å². The predicted molar refractivity (Wildman–Crippen MR) is 61.5 cm³/mol. The van der Waals surface area contributed by atoms with Gasteiger partial charge >= 0.3 is 0 Å². The molecule has 0 aliphatic rings. The molecule has 0 aromatic heterocycles. The van der Waals surface area contributed by atoms with Crippen molar-refractivity contribution in [2.45, 2.75) is 13.0 Å². The van der Waals surface area contributed by atoms with Crippen LogP contribution in [0.1, 0.15) is 11.1 Å². The smallest absolute Gasteiger partial charge is 0.144 e. The fourth-order valence-electron chi connectivity index (χ4n) is 1.25. The Morgan fingerprint density at radius 1 is 1.69 bits per heavy atom. The lowest BCUT2D eigenvalue weighted by Crippen LogP contribution is -2.25. The van der Waals surface area contributed by atoms with Crippen LogP contribution in [-0.2, 0) is 4.79 Å². The zero-order valence-electron chi connectivity index (χ0n) is 8.70. The van der Waals surface area contributed by atoms with Gasteiger partial charge in [0.25, 0.3) is 0 Å². The highest BCUT2D eigenvalue weighted by atomic mass is 35.5. The molecule has 0 spiro atoms. The lowest BCUT2D eigenvalue weighted by Gasteiger charge is -2.14. The molecule has 16 heavy (non-hydrogen) atoms. The van der Waals surface area contributed by atoms with Gasteiger partial charge in [-0.25, -0.2) is 0 Å². The second-order valence-electron chi connectivity index (χ2n) is 3.28. The summed E-state index contributed by atoms with van der Waals surface area (Å²) in [6.45, 7) is 1.45. The number of aliphatic hydroxyl groups excluding tert-OH is 1. The lowest BCUT2D eigenvalue weighted by molar-refractivity contribution is -0.109. The van der Waals surface area contributed by atoms with Crippen molar-refractivity contribution in [3.05, 3.63) is 28.3 Å². The molecule has 0 amide bonds. The normalized spacial score (nSPS) is 11.6. The maximum atomic E-state index is 10.6. The Balaban J connectivity index is 3.04. The summed E-state index contributed by atoms with van der Waals surface area (Å²) >= 11 is 5.96. The number of carbonyl (C=O) groups excluding carboxylic acids is 1. The van der Waals surface area contributed by atoms with E-state index in [0.717, 1.165) is 0 Å². The Morgan fingerprint density at radius 3 is 2.88 bits per heavy atom. The summed E-state index contributed by atoms with van der Waals surface area (Å²) in [6.07, 6.45) is 0.617. The van der Waals surface area contributed by atoms with Crippen LogP contribution >= 0.6 is 11.6 Å². The molecule has 0 radical (unpaired) electrons. The molecule has 1 aromatic rings. The van der Waals surface area contributed by atoms with Crippen LogP contribution in [0.15, 0.2) is 12.1 Å². The van der Waals surface area contributed by atoms with Crippen molar-refractivity contribution < 1.29 is 9.90 Å². The van der Waals surface area contributed by atoms with Crippen molar-refractivity contribution >= 4 is 23.6 Å². The molecule has 1 atom stereocenters. The summed E-state index contributed by atoms with van der Waals surface area (Å²) in [5, 5.41) is 20.8. The van der Waals surface area contributed by atoms with Crippen LogP contribution in [0, 0.1) is 18.3 Å². The first-order valence-corrected chi connectivity index (χ1v) is 5.03. The minimum Gasteiger partial charge on any atom is -0.394 e. The van der Waals surface area contributed by atoms with E-state index in [1.807, 2.05) is 6.07 Å². The van der Waals surface area contributed by atoms with Crippen molar-refractivity contribution in [2.24, 2.45) is 0 Å². The van der Waals surface area contributed by atoms with Crippen LogP contribution in [0.5, 0.6) is 0 Å². The Labute approximate surface area is 98.5 Å². The number of anilines is 1. The largest absolute Gasteiger partial charge is 0.394 e. The van der Waals surface area contributed by atoms with Crippen molar-refractivity contribution in [3.8, 4) is 6.07 Å². The quantitative estimate of drug-likeness (QED) is 0.780. The summed E-state index contributed by atoms with van der Waals surface area (Å²) in [5.41, 5.74) is 1.70. The van der Waals surface area contributed by atoms with Gasteiger partial charge in [0, 0.05) is 5.69 Å². The maximum absolute atomic E-state index is 10.6. The first-order chi connectivity index (χ1) is 7.63. The van der Waals surface area contributed by atoms with E-state index in [9.17, 15) is 4.79 Å². The Kier molecular flexibility index (Phi) is 4.29. The number of hydrogen-bond acceptors (Lipinski definition) is 4. The zero-order valence-corrected chi connectivity index (χ0v) is 9.45. The molecule has 0 saturated carbocycles. The third kappa shape index (κ3) is 2.51. The molecule has 84 valence electrons. The van der Waals surface area contributed by atoms with Gasteiger partial charge in [0.05, 0.1) is 17.2 Å². The van der Waals surface area contributed by atoms with E-state index < -0.39 is 6.04 Å². The number of nitrogens with one attached hydrogen (secondary N) is 1. The van der Waals surface area contributed by atoms with Gasteiger partial charge in [-0.1, -0.05) is 11.6 Å². The Morgan fingerprint density at radius 2 is 2.38 bits per heavy atom. The van der Waals surface area contributed by atoms with E-state index in [1.54, 1.807) is 19.1 Å². The van der Waals surface area contributed by atoms with Crippen LogP contribution in [0.2, 0.25) is 5.02 Å². The van der Waals surface area contributed by atoms with Gasteiger partial charge in [-0.15, -0.1) is 0 Å². The van der Waals surface area contributed by atoms with E-state index in [1.165, 1.54) is 0 Å². The first kappa shape index (κ1) is 12.5. The molecule has 0 fully saturated rings. The van der Waals surface area contributed by atoms with E-state index in [2.05, 4.69) is 5.32 Å². The maximum Gasteiger partial charge on any atom is 0.144 e.